The largest absolute Gasteiger partial charge is 0.417 e. The van der Waals surface area contributed by atoms with E-state index in [1.165, 1.54) is 24.3 Å². The molecule has 0 radical (unpaired) electrons. The van der Waals surface area contributed by atoms with Crippen LogP contribution in [0.1, 0.15) is 11.1 Å². The smallest absolute Gasteiger partial charge is 0.412 e. The Kier molecular flexibility index (Phi) is 8.68. The summed E-state index contributed by atoms with van der Waals surface area (Å²) < 4.78 is 77.5. The second-order valence-corrected chi connectivity index (χ2v) is 7.85. The highest BCUT2D eigenvalue weighted by Gasteiger charge is 2.34. The fourth-order valence-corrected chi connectivity index (χ4v) is 3.42. The first kappa shape index (κ1) is 28.9. The molecule has 0 bridgehead atoms. The van der Waals surface area contributed by atoms with E-state index in [9.17, 15) is 26.3 Å². The molecule has 0 aliphatic heterocycles. The molecular formula is C26H24F6N4O. The van der Waals surface area contributed by atoms with Crippen molar-refractivity contribution in [1.29, 1.82) is 0 Å². The highest BCUT2D eigenvalue weighted by molar-refractivity contribution is 5.72. The Morgan fingerprint density at radius 1 is 0.405 bits per heavy atom. The molecule has 0 saturated carbocycles. The quantitative estimate of drug-likeness (QED) is 0.183. The first-order chi connectivity index (χ1) is 16.8. The van der Waals surface area contributed by atoms with Gasteiger partial charge in [0.15, 0.2) is 0 Å². The number of hydrogen-bond acceptors (Lipinski definition) is 4. The topological polar surface area (TPSA) is 136 Å². The van der Waals surface area contributed by atoms with Gasteiger partial charge in [-0.05, 0) is 70.8 Å². The summed E-state index contributed by atoms with van der Waals surface area (Å²) in [6.45, 7) is 0. The molecule has 0 saturated heterocycles. The lowest BCUT2D eigenvalue weighted by Gasteiger charge is -2.13. The van der Waals surface area contributed by atoms with Gasteiger partial charge in [0.2, 0.25) is 0 Å². The van der Waals surface area contributed by atoms with E-state index >= 15 is 0 Å². The van der Waals surface area contributed by atoms with Gasteiger partial charge in [0.25, 0.3) is 0 Å². The summed E-state index contributed by atoms with van der Waals surface area (Å²) in [6.07, 6.45) is -8.88. The van der Waals surface area contributed by atoms with Gasteiger partial charge in [-0.2, -0.15) is 26.3 Å². The average molecular weight is 522 g/mol. The monoisotopic (exact) mass is 522 g/mol. The van der Waals surface area contributed by atoms with Crippen molar-refractivity contribution in [2.75, 3.05) is 22.9 Å². The predicted molar refractivity (Wildman–Crippen MR) is 135 cm³/mol. The molecule has 0 amide bonds. The van der Waals surface area contributed by atoms with Crippen molar-refractivity contribution >= 4 is 22.7 Å². The zero-order valence-electron chi connectivity index (χ0n) is 19.2. The number of anilines is 4. The zero-order chi connectivity index (χ0) is 26.7. The van der Waals surface area contributed by atoms with E-state index in [0.29, 0.717) is 22.5 Å². The molecule has 4 aromatic rings. The summed E-state index contributed by atoms with van der Waals surface area (Å²) in [7, 11) is 0. The van der Waals surface area contributed by atoms with E-state index in [4.69, 9.17) is 22.9 Å². The molecule has 10 N–H and O–H groups in total. The van der Waals surface area contributed by atoms with Crippen molar-refractivity contribution < 1.29 is 31.8 Å². The standard InChI is InChI=1S/2C13H11F3N2.H2O/c2*14-13(15,16)12-7-10(18)5-6-11(12)8-1-3-9(17)4-2-8;/h2*1-7H,17-18H2;1H2. The summed E-state index contributed by atoms with van der Waals surface area (Å²) in [6, 6.07) is 19.9. The summed E-state index contributed by atoms with van der Waals surface area (Å²) in [5.41, 5.74) is 22.6. The van der Waals surface area contributed by atoms with E-state index in [1.807, 2.05) is 0 Å². The van der Waals surface area contributed by atoms with Crippen molar-refractivity contribution in [3.05, 3.63) is 96.1 Å². The third-order valence-electron chi connectivity index (χ3n) is 5.14. The van der Waals surface area contributed by atoms with Gasteiger partial charge in [-0.15, -0.1) is 0 Å². The maximum atomic E-state index is 12.9. The first-order valence-corrected chi connectivity index (χ1v) is 10.4. The zero-order valence-corrected chi connectivity index (χ0v) is 19.2. The van der Waals surface area contributed by atoms with Gasteiger partial charge in [0, 0.05) is 22.7 Å². The van der Waals surface area contributed by atoms with Gasteiger partial charge in [0.1, 0.15) is 0 Å². The summed E-state index contributed by atoms with van der Waals surface area (Å²) in [5.74, 6) is 0. The van der Waals surface area contributed by atoms with Crippen molar-refractivity contribution in [2.45, 2.75) is 12.4 Å². The molecule has 37 heavy (non-hydrogen) atoms. The maximum Gasteiger partial charge on any atom is 0.417 e. The number of halogens is 6. The molecule has 0 spiro atoms. The molecular weight excluding hydrogens is 498 g/mol. The Labute approximate surface area is 208 Å². The van der Waals surface area contributed by atoms with Crippen molar-refractivity contribution in [2.24, 2.45) is 0 Å². The molecule has 196 valence electrons. The van der Waals surface area contributed by atoms with E-state index in [-0.39, 0.29) is 28.0 Å². The highest BCUT2D eigenvalue weighted by Crippen LogP contribution is 2.39. The van der Waals surface area contributed by atoms with Crippen LogP contribution in [0.4, 0.5) is 49.1 Å². The predicted octanol–water partition coefficient (Wildman–Crippen LogP) is 6.25. The summed E-state index contributed by atoms with van der Waals surface area (Å²) >= 11 is 0. The number of rotatable bonds is 2. The molecule has 5 nitrogen and oxygen atoms in total. The van der Waals surface area contributed by atoms with E-state index < -0.39 is 23.5 Å². The number of nitrogens with two attached hydrogens (primary N) is 4. The minimum atomic E-state index is -4.44. The first-order valence-electron chi connectivity index (χ1n) is 10.4. The lowest BCUT2D eigenvalue weighted by atomic mass is 9.98. The highest BCUT2D eigenvalue weighted by atomic mass is 19.4. The molecule has 0 atom stereocenters. The van der Waals surface area contributed by atoms with Crippen molar-refractivity contribution in [1.82, 2.24) is 0 Å². The van der Waals surface area contributed by atoms with Crippen LogP contribution in [-0.4, -0.2) is 5.48 Å². The van der Waals surface area contributed by atoms with Gasteiger partial charge in [-0.25, -0.2) is 0 Å². The Hall–Kier alpha value is -4.38. The van der Waals surface area contributed by atoms with Crippen LogP contribution in [0.15, 0.2) is 84.9 Å². The molecule has 0 fully saturated rings. The summed E-state index contributed by atoms with van der Waals surface area (Å²) in [5, 5.41) is 0. The molecule has 0 aliphatic rings. The van der Waals surface area contributed by atoms with Crippen LogP contribution in [0.3, 0.4) is 0 Å². The van der Waals surface area contributed by atoms with Crippen LogP contribution < -0.4 is 22.9 Å². The number of benzene rings is 4. The van der Waals surface area contributed by atoms with Crippen LogP contribution >= 0.6 is 0 Å². The van der Waals surface area contributed by atoms with Crippen LogP contribution in [0.25, 0.3) is 22.3 Å². The third kappa shape index (κ3) is 7.31. The van der Waals surface area contributed by atoms with E-state index in [2.05, 4.69) is 0 Å². The van der Waals surface area contributed by atoms with Crippen LogP contribution in [0, 0.1) is 0 Å². The van der Waals surface area contributed by atoms with Crippen LogP contribution in [0.5, 0.6) is 0 Å². The second-order valence-electron chi connectivity index (χ2n) is 7.85. The van der Waals surface area contributed by atoms with Gasteiger partial charge in [-0.1, -0.05) is 36.4 Å². The lowest BCUT2D eigenvalue weighted by molar-refractivity contribution is -0.137. The van der Waals surface area contributed by atoms with Gasteiger partial charge >= 0.3 is 12.4 Å². The molecule has 0 heterocycles. The number of alkyl halides is 6. The van der Waals surface area contributed by atoms with Crippen LogP contribution in [0.2, 0.25) is 0 Å². The van der Waals surface area contributed by atoms with Crippen LogP contribution in [-0.2, 0) is 12.4 Å². The maximum absolute atomic E-state index is 12.9. The minimum absolute atomic E-state index is 0. The number of hydrogen-bond donors (Lipinski definition) is 4. The molecule has 0 aromatic heterocycles. The SMILES string of the molecule is Nc1ccc(-c2ccc(N)cc2C(F)(F)F)cc1.Nc1ccc(-c2ccc(N)cc2C(F)(F)F)cc1.O. The fourth-order valence-electron chi connectivity index (χ4n) is 3.42. The molecule has 0 unspecified atom stereocenters. The Morgan fingerprint density at radius 2 is 0.676 bits per heavy atom. The Bertz CT molecular complexity index is 1230. The van der Waals surface area contributed by atoms with Gasteiger partial charge in [-0.3, -0.25) is 0 Å². The number of nitrogen functional groups attached to an aromatic ring is 4. The van der Waals surface area contributed by atoms with Gasteiger partial charge < -0.3 is 28.4 Å². The summed E-state index contributed by atoms with van der Waals surface area (Å²) in [4.78, 5) is 0. The third-order valence-corrected chi connectivity index (χ3v) is 5.14. The average Bonchev–Trinajstić information content (AvgIpc) is 2.80. The molecule has 0 aliphatic carbocycles. The Balaban J connectivity index is 0.000000253. The fraction of sp³-hybridized carbons (Fsp3) is 0.0769. The lowest BCUT2D eigenvalue weighted by Crippen LogP contribution is -2.08. The van der Waals surface area contributed by atoms with E-state index in [0.717, 1.165) is 12.1 Å². The Morgan fingerprint density at radius 3 is 0.946 bits per heavy atom. The molecule has 4 rings (SSSR count). The normalized spacial score (nSPS) is 11.2. The van der Waals surface area contributed by atoms with Crippen molar-refractivity contribution in [3.8, 4) is 22.3 Å². The minimum Gasteiger partial charge on any atom is -0.412 e. The van der Waals surface area contributed by atoms with Crippen molar-refractivity contribution in [3.63, 3.8) is 0 Å². The van der Waals surface area contributed by atoms with E-state index in [1.54, 1.807) is 48.5 Å². The molecule has 4 aromatic carbocycles. The van der Waals surface area contributed by atoms with Gasteiger partial charge in [0.05, 0.1) is 11.1 Å². The second kappa shape index (κ2) is 11.1. The molecule has 11 heteroatoms.